The van der Waals surface area contributed by atoms with Crippen LogP contribution in [0.25, 0.3) is 0 Å². The first-order valence-electron chi connectivity index (χ1n) is 9.15. The van der Waals surface area contributed by atoms with E-state index in [0.717, 1.165) is 37.7 Å². The molecule has 0 unspecified atom stereocenters. The van der Waals surface area contributed by atoms with Gasteiger partial charge in [0.1, 0.15) is 5.78 Å². The second-order valence-corrected chi connectivity index (χ2v) is 8.86. The minimum absolute atomic E-state index is 0.0707. The van der Waals surface area contributed by atoms with Crippen LogP contribution in [0.3, 0.4) is 0 Å². The van der Waals surface area contributed by atoms with E-state index >= 15 is 0 Å². The quantitative estimate of drug-likeness (QED) is 0.620. The fraction of sp³-hybridized carbons (Fsp3) is 0.619. The lowest BCUT2D eigenvalue weighted by Gasteiger charge is -2.56. The number of hydrogen-bond acceptors (Lipinski definition) is 2. The van der Waals surface area contributed by atoms with Gasteiger partial charge >= 0.3 is 0 Å². The molecule has 3 fully saturated rings. The molecule has 2 nitrogen and oxygen atoms in total. The van der Waals surface area contributed by atoms with Gasteiger partial charge in [0.2, 0.25) is 0 Å². The molecule has 24 heavy (non-hydrogen) atoms. The van der Waals surface area contributed by atoms with Gasteiger partial charge in [-0.15, -0.1) is 0 Å². The number of allylic oxidation sites excluding steroid dienone is 6. The average molecular weight is 345 g/mol. The van der Waals surface area contributed by atoms with E-state index in [1.165, 1.54) is 5.57 Å². The summed E-state index contributed by atoms with van der Waals surface area (Å²) in [5.41, 5.74) is 1.96. The van der Waals surface area contributed by atoms with Crippen molar-refractivity contribution < 1.29 is 9.59 Å². The van der Waals surface area contributed by atoms with Crippen molar-refractivity contribution in [1.29, 1.82) is 0 Å². The summed E-state index contributed by atoms with van der Waals surface area (Å²) in [5, 5.41) is 0.405. The van der Waals surface area contributed by atoms with Crippen LogP contribution in [0.2, 0.25) is 0 Å². The molecule has 4 aliphatic rings. The fourth-order valence-corrected chi connectivity index (χ4v) is 6.65. The van der Waals surface area contributed by atoms with Gasteiger partial charge < -0.3 is 0 Å². The van der Waals surface area contributed by atoms with Gasteiger partial charge in [-0.25, -0.2) is 0 Å². The zero-order chi connectivity index (χ0) is 17.3. The highest BCUT2D eigenvalue weighted by molar-refractivity contribution is 6.45. The Labute approximate surface area is 149 Å². The predicted molar refractivity (Wildman–Crippen MR) is 95.6 cm³/mol. The topological polar surface area (TPSA) is 34.1 Å². The maximum absolute atomic E-state index is 12.5. The lowest BCUT2D eigenvalue weighted by Crippen LogP contribution is -2.50. The number of carbonyl (C=O) groups excluding carboxylic acids is 2. The first-order chi connectivity index (χ1) is 11.3. The molecule has 0 heterocycles. The van der Waals surface area contributed by atoms with Gasteiger partial charge in [0.05, 0.1) is 5.03 Å². The summed E-state index contributed by atoms with van der Waals surface area (Å²) < 4.78 is 0. The molecule has 0 N–H and O–H groups in total. The second-order valence-electron chi connectivity index (χ2n) is 8.48. The highest BCUT2D eigenvalue weighted by Crippen LogP contribution is 2.65. The summed E-state index contributed by atoms with van der Waals surface area (Å²) in [6.07, 6.45) is 10.6. The summed E-state index contributed by atoms with van der Waals surface area (Å²) in [6, 6.07) is 0. The van der Waals surface area contributed by atoms with Crippen LogP contribution in [-0.4, -0.2) is 11.6 Å². The van der Waals surface area contributed by atoms with Gasteiger partial charge in [-0.1, -0.05) is 37.6 Å². The lowest BCUT2D eigenvalue weighted by atomic mass is 9.47. The van der Waals surface area contributed by atoms with Gasteiger partial charge in [0, 0.05) is 17.3 Å². The number of halogens is 1. The molecular formula is C21H25ClO2. The summed E-state index contributed by atoms with van der Waals surface area (Å²) >= 11 is 6.48. The Morgan fingerprint density at radius 1 is 1.21 bits per heavy atom. The largest absolute Gasteiger partial charge is 0.299 e. The van der Waals surface area contributed by atoms with Crippen molar-refractivity contribution in [2.45, 2.75) is 52.9 Å². The van der Waals surface area contributed by atoms with Gasteiger partial charge in [0.25, 0.3) is 0 Å². The van der Waals surface area contributed by atoms with Crippen molar-refractivity contribution in [1.82, 2.24) is 0 Å². The van der Waals surface area contributed by atoms with E-state index in [9.17, 15) is 9.59 Å². The Morgan fingerprint density at radius 3 is 2.67 bits per heavy atom. The van der Waals surface area contributed by atoms with Crippen LogP contribution in [0.4, 0.5) is 0 Å². The maximum Gasteiger partial charge on any atom is 0.197 e. The highest BCUT2D eigenvalue weighted by atomic mass is 35.5. The second kappa shape index (κ2) is 5.17. The van der Waals surface area contributed by atoms with E-state index in [0.29, 0.717) is 28.6 Å². The third-order valence-corrected chi connectivity index (χ3v) is 7.97. The van der Waals surface area contributed by atoms with Crippen molar-refractivity contribution in [2.75, 3.05) is 0 Å². The lowest BCUT2D eigenvalue weighted by molar-refractivity contribution is -0.131. The number of Topliss-reactive ketones (excluding diaryl/α,β-unsaturated/α-hetero) is 1. The van der Waals surface area contributed by atoms with Crippen molar-refractivity contribution in [2.24, 2.45) is 28.6 Å². The fourth-order valence-electron chi connectivity index (χ4n) is 6.27. The van der Waals surface area contributed by atoms with Crippen molar-refractivity contribution in [3.05, 3.63) is 34.4 Å². The zero-order valence-corrected chi connectivity index (χ0v) is 15.5. The zero-order valence-electron chi connectivity index (χ0n) is 14.7. The van der Waals surface area contributed by atoms with Gasteiger partial charge in [-0.3, -0.25) is 9.59 Å². The van der Waals surface area contributed by atoms with E-state index in [-0.39, 0.29) is 16.6 Å². The smallest absolute Gasteiger partial charge is 0.197 e. The number of rotatable bonds is 0. The van der Waals surface area contributed by atoms with E-state index in [4.69, 9.17) is 11.6 Å². The van der Waals surface area contributed by atoms with Crippen molar-refractivity contribution >= 4 is 23.2 Å². The third-order valence-electron chi connectivity index (χ3n) is 7.60. The number of carbonyl (C=O) groups is 2. The van der Waals surface area contributed by atoms with Gasteiger partial charge in [-0.05, 0) is 67.6 Å². The molecule has 0 aromatic carbocycles. The third kappa shape index (κ3) is 1.89. The molecule has 0 radical (unpaired) electrons. The van der Waals surface area contributed by atoms with E-state index in [2.05, 4.69) is 26.0 Å². The summed E-state index contributed by atoms with van der Waals surface area (Å²) in [6.45, 7) is 6.48. The van der Waals surface area contributed by atoms with Crippen LogP contribution < -0.4 is 0 Å². The SMILES string of the molecule is C/C=C1\C[C@@H]2[C@H](CC[C@]3(C)C(=O)CC[C@@H]23)[C@@]2(C)C=CC(=O)C(Cl)=C12. The molecule has 4 aliphatic carbocycles. The van der Waals surface area contributed by atoms with Crippen LogP contribution in [-0.2, 0) is 9.59 Å². The first-order valence-corrected chi connectivity index (χ1v) is 9.53. The summed E-state index contributed by atoms with van der Waals surface area (Å²) in [7, 11) is 0. The van der Waals surface area contributed by atoms with E-state index in [1.54, 1.807) is 6.08 Å². The molecule has 0 aromatic rings. The average Bonchev–Trinajstić information content (AvgIpc) is 2.86. The molecule has 5 atom stereocenters. The first kappa shape index (κ1) is 16.3. The van der Waals surface area contributed by atoms with Crippen molar-refractivity contribution in [3.8, 4) is 0 Å². The Kier molecular flexibility index (Phi) is 3.52. The standard InChI is InChI=1S/C21H25ClO2/c1-4-12-11-13-14-5-6-17(24)20(14,2)9-7-15(13)21(3)10-8-16(23)19(22)18(12)21/h4,8,10,13-15H,5-7,9,11H2,1-3H3/b12-4+/t13-,14-,15-,20-,21+/m0/s1. The molecule has 3 heteroatoms. The molecule has 3 saturated carbocycles. The van der Waals surface area contributed by atoms with Crippen LogP contribution in [0.1, 0.15) is 52.9 Å². The molecule has 4 rings (SSSR count). The highest BCUT2D eigenvalue weighted by Gasteiger charge is 2.59. The van der Waals surface area contributed by atoms with Crippen molar-refractivity contribution in [3.63, 3.8) is 0 Å². The number of hydrogen-bond donors (Lipinski definition) is 0. The minimum Gasteiger partial charge on any atom is -0.299 e. The molecule has 0 aromatic heterocycles. The summed E-state index contributed by atoms with van der Waals surface area (Å²) in [4.78, 5) is 24.7. The van der Waals surface area contributed by atoms with Gasteiger partial charge in [-0.2, -0.15) is 0 Å². The monoisotopic (exact) mass is 344 g/mol. The Bertz CT molecular complexity index is 728. The van der Waals surface area contributed by atoms with Crippen LogP contribution in [0, 0.1) is 28.6 Å². The Morgan fingerprint density at radius 2 is 1.96 bits per heavy atom. The normalized spacial score (nSPS) is 46.2. The van der Waals surface area contributed by atoms with Crippen LogP contribution >= 0.6 is 11.6 Å². The van der Waals surface area contributed by atoms with Crippen LogP contribution in [0.5, 0.6) is 0 Å². The number of ketones is 2. The molecule has 0 aliphatic heterocycles. The molecule has 0 saturated heterocycles. The molecule has 0 spiro atoms. The van der Waals surface area contributed by atoms with E-state index < -0.39 is 0 Å². The predicted octanol–water partition coefficient (Wildman–Crippen LogP) is 4.99. The van der Waals surface area contributed by atoms with E-state index in [1.807, 2.05) is 6.92 Å². The van der Waals surface area contributed by atoms with Crippen LogP contribution in [0.15, 0.2) is 34.4 Å². The Hall–Kier alpha value is -1.15. The minimum atomic E-state index is -0.178. The van der Waals surface area contributed by atoms with Gasteiger partial charge in [0.15, 0.2) is 5.78 Å². The maximum atomic E-state index is 12.5. The molecule has 0 amide bonds. The summed E-state index contributed by atoms with van der Waals surface area (Å²) in [5.74, 6) is 1.85. The molecule has 128 valence electrons. The molecular weight excluding hydrogens is 320 g/mol. The Balaban J connectivity index is 1.84. The number of fused-ring (bicyclic) bond motifs is 5. The molecule has 0 bridgehead atoms.